The van der Waals surface area contributed by atoms with Crippen molar-refractivity contribution in [3.8, 4) is 0 Å². The first-order chi connectivity index (χ1) is 11.1. The van der Waals surface area contributed by atoms with Gasteiger partial charge in [-0.1, -0.05) is 12.1 Å². The van der Waals surface area contributed by atoms with Gasteiger partial charge in [0.1, 0.15) is 0 Å². The summed E-state index contributed by atoms with van der Waals surface area (Å²) < 4.78 is 38.5. The lowest BCUT2D eigenvalue weighted by Gasteiger charge is -2.38. The van der Waals surface area contributed by atoms with Crippen molar-refractivity contribution in [1.82, 2.24) is 9.80 Å². The third-order valence-corrected chi connectivity index (χ3v) is 4.33. The summed E-state index contributed by atoms with van der Waals surface area (Å²) in [7, 11) is 0. The topological polar surface area (TPSA) is 46.9 Å². The molecule has 7 heteroatoms. The number of nitrogens with zero attached hydrogens (tertiary/aromatic N) is 2. The number of rotatable bonds is 5. The van der Waals surface area contributed by atoms with E-state index in [2.05, 4.69) is 4.90 Å². The second-order valence-electron chi connectivity index (χ2n) is 6.78. The molecule has 0 aromatic heterocycles. The largest absolute Gasteiger partial charge is 0.416 e. The van der Waals surface area contributed by atoms with Crippen molar-refractivity contribution >= 4 is 0 Å². The van der Waals surface area contributed by atoms with E-state index in [1.54, 1.807) is 13.8 Å². The van der Waals surface area contributed by atoms with Crippen molar-refractivity contribution in [2.24, 2.45) is 0 Å². The minimum Gasteiger partial charge on any atom is -0.392 e. The zero-order valence-electron chi connectivity index (χ0n) is 14.1. The highest BCUT2D eigenvalue weighted by atomic mass is 19.4. The zero-order chi connectivity index (χ0) is 18.0. The lowest BCUT2D eigenvalue weighted by atomic mass is 9.93. The monoisotopic (exact) mass is 346 g/mol. The van der Waals surface area contributed by atoms with E-state index in [0.717, 1.165) is 25.2 Å². The van der Waals surface area contributed by atoms with E-state index in [1.807, 2.05) is 4.90 Å². The van der Waals surface area contributed by atoms with Crippen LogP contribution in [0.25, 0.3) is 0 Å². The number of hydrogen-bond donors (Lipinski definition) is 2. The zero-order valence-corrected chi connectivity index (χ0v) is 14.1. The number of alkyl halides is 3. The van der Waals surface area contributed by atoms with Crippen LogP contribution in [0.5, 0.6) is 0 Å². The molecule has 0 bridgehead atoms. The first-order valence-electron chi connectivity index (χ1n) is 8.11. The predicted molar refractivity (Wildman–Crippen MR) is 85.6 cm³/mol. The summed E-state index contributed by atoms with van der Waals surface area (Å²) in [5, 5.41) is 20.1. The Morgan fingerprint density at radius 1 is 1.08 bits per heavy atom. The van der Waals surface area contributed by atoms with Gasteiger partial charge in [-0.15, -0.1) is 0 Å². The van der Waals surface area contributed by atoms with E-state index < -0.39 is 17.3 Å². The molecule has 2 rings (SSSR count). The highest BCUT2D eigenvalue weighted by Gasteiger charge is 2.34. The summed E-state index contributed by atoms with van der Waals surface area (Å²) in [5.74, 6) is 0. The molecule has 1 aliphatic rings. The van der Waals surface area contributed by atoms with E-state index in [4.69, 9.17) is 0 Å². The van der Waals surface area contributed by atoms with Crippen molar-refractivity contribution in [3.63, 3.8) is 0 Å². The number of hydrogen-bond acceptors (Lipinski definition) is 4. The standard InChI is InChI=1S/C17H25F3N2O2/c1-13(23)11-21-6-8-22(9-7-21)12-16(2,24)14-4-3-5-15(10-14)17(18,19)20/h3-5,10,13,23-24H,6-9,11-12H2,1-2H3/t13-,16-/m0/s1. The van der Waals surface area contributed by atoms with E-state index in [9.17, 15) is 23.4 Å². The van der Waals surface area contributed by atoms with Crippen molar-refractivity contribution in [1.29, 1.82) is 0 Å². The van der Waals surface area contributed by atoms with Crippen LogP contribution in [0.3, 0.4) is 0 Å². The van der Waals surface area contributed by atoms with Gasteiger partial charge in [0.05, 0.1) is 17.3 Å². The highest BCUT2D eigenvalue weighted by Crippen LogP contribution is 2.32. The van der Waals surface area contributed by atoms with Gasteiger partial charge in [-0.2, -0.15) is 13.2 Å². The molecular formula is C17H25F3N2O2. The molecule has 4 nitrogen and oxygen atoms in total. The molecule has 1 aromatic rings. The van der Waals surface area contributed by atoms with Crippen LogP contribution in [0.1, 0.15) is 25.0 Å². The molecule has 2 atom stereocenters. The molecule has 0 unspecified atom stereocenters. The van der Waals surface area contributed by atoms with Gasteiger partial charge in [0.15, 0.2) is 0 Å². The molecule has 1 heterocycles. The third kappa shape index (κ3) is 5.17. The van der Waals surface area contributed by atoms with E-state index >= 15 is 0 Å². The van der Waals surface area contributed by atoms with Crippen LogP contribution < -0.4 is 0 Å². The van der Waals surface area contributed by atoms with Crippen LogP contribution in [-0.2, 0) is 11.8 Å². The second kappa shape index (κ2) is 7.39. The fourth-order valence-corrected chi connectivity index (χ4v) is 3.06. The van der Waals surface area contributed by atoms with Gasteiger partial charge in [-0.3, -0.25) is 9.80 Å². The van der Waals surface area contributed by atoms with Gasteiger partial charge in [0, 0.05) is 39.3 Å². The molecule has 0 radical (unpaired) electrons. The van der Waals surface area contributed by atoms with Crippen LogP contribution in [0.15, 0.2) is 24.3 Å². The van der Waals surface area contributed by atoms with Crippen molar-refractivity contribution in [2.75, 3.05) is 39.3 Å². The Hall–Kier alpha value is -1.15. The molecule has 1 aromatic carbocycles. The van der Waals surface area contributed by atoms with Gasteiger partial charge < -0.3 is 10.2 Å². The maximum Gasteiger partial charge on any atom is 0.416 e. The fraction of sp³-hybridized carbons (Fsp3) is 0.647. The van der Waals surface area contributed by atoms with Gasteiger partial charge >= 0.3 is 6.18 Å². The summed E-state index contributed by atoms with van der Waals surface area (Å²) in [6, 6.07) is 4.88. The first kappa shape index (κ1) is 19.2. The van der Waals surface area contributed by atoms with Crippen LogP contribution in [0.2, 0.25) is 0 Å². The molecule has 0 amide bonds. The third-order valence-electron chi connectivity index (χ3n) is 4.33. The van der Waals surface area contributed by atoms with Crippen molar-refractivity contribution in [2.45, 2.75) is 31.7 Å². The SMILES string of the molecule is C[C@H](O)CN1CCN(C[C@](C)(O)c2cccc(C(F)(F)F)c2)CC1. The quantitative estimate of drug-likeness (QED) is 0.855. The normalized spacial score (nSPS) is 21.5. The van der Waals surface area contributed by atoms with Gasteiger partial charge in [0.25, 0.3) is 0 Å². The number of benzene rings is 1. The Balaban J connectivity index is 1.99. The highest BCUT2D eigenvalue weighted by molar-refractivity contribution is 5.29. The van der Waals surface area contributed by atoms with Gasteiger partial charge in [-0.05, 0) is 31.5 Å². The fourth-order valence-electron chi connectivity index (χ4n) is 3.06. The minimum absolute atomic E-state index is 0.267. The molecule has 0 aliphatic carbocycles. The molecule has 0 spiro atoms. The average Bonchev–Trinajstić information content (AvgIpc) is 2.48. The molecule has 2 N–H and O–H groups in total. The number of aliphatic hydroxyl groups excluding tert-OH is 1. The number of β-amino-alcohol motifs (C(OH)–C–C–N with tert-alkyl or cyclic N) is 2. The molecule has 0 saturated carbocycles. The molecule has 1 saturated heterocycles. The smallest absolute Gasteiger partial charge is 0.392 e. The Morgan fingerprint density at radius 2 is 1.62 bits per heavy atom. The predicted octanol–water partition coefficient (Wildman–Crippen LogP) is 1.91. The van der Waals surface area contributed by atoms with Crippen LogP contribution in [0.4, 0.5) is 13.2 Å². The Kier molecular flexibility index (Phi) is 5.91. The van der Waals surface area contributed by atoms with Crippen molar-refractivity contribution < 1.29 is 23.4 Å². The molecule has 24 heavy (non-hydrogen) atoms. The maximum atomic E-state index is 12.8. The van der Waals surface area contributed by atoms with E-state index in [0.29, 0.717) is 19.6 Å². The van der Waals surface area contributed by atoms with E-state index in [-0.39, 0.29) is 18.2 Å². The molecular weight excluding hydrogens is 321 g/mol. The number of piperazine rings is 1. The average molecular weight is 346 g/mol. The molecule has 136 valence electrons. The van der Waals surface area contributed by atoms with Crippen LogP contribution >= 0.6 is 0 Å². The summed E-state index contributed by atoms with van der Waals surface area (Å²) in [5.41, 5.74) is -1.83. The van der Waals surface area contributed by atoms with Gasteiger partial charge in [0.2, 0.25) is 0 Å². The Labute approximate surface area is 140 Å². The lowest BCUT2D eigenvalue weighted by Crippen LogP contribution is -2.51. The first-order valence-corrected chi connectivity index (χ1v) is 8.11. The molecule has 1 fully saturated rings. The number of halogens is 3. The second-order valence-corrected chi connectivity index (χ2v) is 6.78. The summed E-state index contributed by atoms with van der Waals surface area (Å²) >= 11 is 0. The number of aliphatic hydroxyl groups is 2. The van der Waals surface area contributed by atoms with E-state index in [1.165, 1.54) is 12.1 Å². The Morgan fingerprint density at radius 3 is 2.17 bits per heavy atom. The minimum atomic E-state index is -4.42. The summed E-state index contributed by atoms with van der Waals surface area (Å²) in [4.78, 5) is 4.18. The molecule has 1 aliphatic heterocycles. The maximum absolute atomic E-state index is 12.8. The lowest BCUT2D eigenvalue weighted by molar-refractivity contribution is -0.137. The summed E-state index contributed by atoms with van der Waals surface area (Å²) in [6.45, 7) is 7.13. The van der Waals surface area contributed by atoms with Gasteiger partial charge in [-0.25, -0.2) is 0 Å². The van der Waals surface area contributed by atoms with Crippen LogP contribution in [-0.4, -0.2) is 65.4 Å². The summed E-state index contributed by atoms with van der Waals surface area (Å²) in [6.07, 6.45) is -4.80. The Bertz CT molecular complexity index is 539. The van der Waals surface area contributed by atoms with Crippen molar-refractivity contribution in [3.05, 3.63) is 35.4 Å². The van der Waals surface area contributed by atoms with Crippen LogP contribution in [0, 0.1) is 0 Å².